The maximum absolute atomic E-state index is 13.0. The topological polar surface area (TPSA) is 55.4 Å². The highest BCUT2D eigenvalue weighted by atomic mass is 79.9. The van der Waals surface area contributed by atoms with E-state index in [4.69, 9.17) is 4.74 Å². The van der Waals surface area contributed by atoms with Crippen LogP contribution in [-0.2, 0) is 21.6 Å². The van der Waals surface area contributed by atoms with E-state index < -0.39 is 11.6 Å². The van der Waals surface area contributed by atoms with Crippen LogP contribution in [0.4, 0.5) is 5.69 Å². The highest BCUT2D eigenvalue weighted by Crippen LogP contribution is 2.42. The Morgan fingerprint density at radius 2 is 1.59 bits per heavy atom. The van der Waals surface area contributed by atoms with Gasteiger partial charge in [0, 0.05) is 22.1 Å². The number of anilines is 1. The molecule has 1 heterocycles. The third-order valence-electron chi connectivity index (χ3n) is 4.62. The SMILES string of the molecule is O=C(O[C@]1(Cc2ccc(Br)cc2)C(=O)Nc2ccccc21)c1ccccc1. The molecule has 0 saturated carbocycles. The molecule has 1 amide bonds. The molecule has 1 N–H and O–H groups in total. The second-order valence-electron chi connectivity index (χ2n) is 6.39. The van der Waals surface area contributed by atoms with Gasteiger partial charge < -0.3 is 10.1 Å². The Balaban J connectivity index is 1.77. The lowest BCUT2D eigenvalue weighted by Crippen LogP contribution is -2.41. The van der Waals surface area contributed by atoms with Crippen LogP contribution < -0.4 is 5.32 Å². The minimum Gasteiger partial charge on any atom is -0.440 e. The Bertz CT molecular complexity index is 1000. The summed E-state index contributed by atoms with van der Waals surface area (Å²) >= 11 is 3.42. The number of esters is 1. The summed E-state index contributed by atoms with van der Waals surface area (Å²) in [7, 11) is 0. The molecule has 0 radical (unpaired) electrons. The molecule has 0 unspecified atom stereocenters. The van der Waals surface area contributed by atoms with Crippen molar-refractivity contribution in [1.82, 2.24) is 0 Å². The molecule has 4 rings (SSSR count). The molecule has 1 aliphatic heterocycles. The van der Waals surface area contributed by atoms with Gasteiger partial charge in [0.2, 0.25) is 5.60 Å². The predicted molar refractivity (Wildman–Crippen MR) is 106 cm³/mol. The zero-order valence-corrected chi connectivity index (χ0v) is 15.9. The third kappa shape index (κ3) is 3.26. The van der Waals surface area contributed by atoms with Crippen LogP contribution in [0.25, 0.3) is 0 Å². The molecule has 3 aromatic rings. The van der Waals surface area contributed by atoms with E-state index in [1.807, 2.05) is 54.6 Å². The van der Waals surface area contributed by atoms with Gasteiger partial charge in [0.25, 0.3) is 5.91 Å². The van der Waals surface area contributed by atoms with Crippen LogP contribution in [0, 0.1) is 0 Å². The first-order chi connectivity index (χ1) is 13.1. The fraction of sp³-hybridized carbons (Fsp3) is 0.0909. The van der Waals surface area contributed by atoms with Gasteiger partial charge in [0.15, 0.2) is 0 Å². The number of fused-ring (bicyclic) bond motifs is 1. The number of nitrogens with one attached hydrogen (secondary N) is 1. The summed E-state index contributed by atoms with van der Waals surface area (Å²) in [4.78, 5) is 25.8. The Morgan fingerprint density at radius 3 is 2.33 bits per heavy atom. The van der Waals surface area contributed by atoms with E-state index in [2.05, 4.69) is 21.2 Å². The van der Waals surface area contributed by atoms with Crippen molar-refractivity contribution in [3.05, 3.63) is 100 Å². The van der Waals surface area contributed by atoms with Crippen molar-refractivity contribution in [1.29, 1.82) is 0 Å². The smallest absolute Gasteiger partial charge is 0.339 e. The normalized spacial score (nSPS) is 17.9. The number of carbonyl (C=O) groups is 2. The van der Waals surface area contributed by atoms with E-state index in [-0.39, 0.29) is 12.3 Å². The first kappa shape index (κ1) is 17.5. The summed E-state index contributed by atoms with van der Waals surface area (Å²) in [6.45, 7) is 0. The van der Waals surface area contributed by atoms with Crippen LogP contribution in [0.3, 0.4) is 0 Å². The highest BCUT2D eigenvalue weighted by molar-refractivity contribution is 9.10. The zero-order valence-electron chi connectivity index (χ0n) is 14.3. The minimum atomic E-state index is -1.41. The average Bonchev–Trinajstić information content (AvgIpc) is 2.96. The molecular formula is C22H16BrNO3. The largest absolute Gasteiger partial charge is 0.440 e. The molecule has 0 saturated heterocycles. The van der Waals surface area contributed by atoms with Crippen LogP contribution >= 0.6 is 15.9 Å². The number of hydrogen-bond donors (Lipinski definition) is 1. The number of halogens is 1. The molecule has 0 aromatic heterocycles. The monoisotopic (exact) mass is 421 g/mol. The lowest BCUT2D eigenvalue weighted by molar-refractivity contribution is -0.134. The van der Waals surface area contributed by atoms with Crippen molar-refractivity contribution in [2.45, 2.75) is 12.0 Å². The molecule has 0 fully saturated rings. The summed E-state index contributed by atoms with van der Waals surface area (Å²) in [5, 5.41) is 2.85. The summed E-state index contributed by atoms with van der Waals surface area (Å²) in [5.74, 6) is -0.865. The minimum absolute atomic E-state index is 0.252. The van der Waals surface area contributed by atoms with Gasteiger partial charge in [-0.25, -0.2) is 4.79 Å². The second-order valence-corrected chi connectivity index (χ2v) is 7.30. The van der Waals surface area contributed by atoms with Gasteiger partial charge in [-0.3, -0.25) is 4.79 Å². The highest BCUT2D eigenvalue weighted by Gasteiger charge is 2.50. The Labute approximate surface area is 165 Å². The maximum Gasteiger partial charge on any atom is 0.339 e. The maximum atomic E-state index is 13.0. The van der Waals surface area contributed by atoms with Crippen LogP contribution in [0.2, 0.25) is 0 Å². The molecule has 27 heavy (non-hydrogen) atoms. The number of hydrogen-bond acceptors (Lipinski definition) is 3. The van der Waals surface area contributed by atoms with E-state index >= 15 is 0 Å². The Kier molecular flexibility index (Phi) is 4.54. The van der Waals surface area contributed by atoms with Crippen LogP contribution in [0.1, 0.15) is 21.5 Å². The summed E-state index contributed by atoms with van der Waals surface area (Å²) < 4.78 is 6.84. The first-order valence-corrected chi connectivity index (χ1v) is 9.31. The van der Waals surface area contributed by atoms with Gasteiger partial charge in [-0.15, -0.1) is 0 Å². The van der Waals surface area contributed by atoms with Crippen LogP contribution in [0.5, 0.6) is 0 Å². The number of ether oxygens (including phenoxy) is 1. The standard InChI is InChI=1S/C22H16BrNO3/c23-17-12-10-15(11-13-17)14-22(27-20(25)16-6-2-1-3-7-16)18-8-4-5-9-19(18)24-21(22)26/h1-13H,14H2,(H,24,26)/t22-/m0/s1. The van der Waals surface area contributed by atoms with Crippen LogP contribution in [0.15, 0.2) is 83.3 Å². The number of rotatable bonds is 4. The molecule has 0 spiro atoms. The van der Waals surface area contributed by atoms with Crippen molar-refractivity contribution in [2.24, 2.45) is 0 Å². The summed E-state index contributed by atoms with van der Waals surface area (Å²) in [5.41, 5.74) is 1.23. The van der Waals surface area contributed by atoms with Crippen molar-refractivity contribution in [3.63, 3.8) is 0 Å². The molecule has 3 aromatic carbocycles. The zero-order chi connectivity index (χ0) is 18.9. The van der Waals surface area contributed by atoms with Crippen LogP contribution in [-0.4, -0.2) is 11.9 Å². The second kappa shape index (κ2) is 7.00. The number of para-hydroxylation sites is 1. The Morgan fingerprint density at radius 1 is 0.926 bits per heavy atom. The molecule has 1 aliphatic rings. The molecule has 1 atom stereocenters. The van der Waals surface area contributed by atoms with Crippen molar-refractivity contribution >= 4 is 33.5 Å². The predicted octanol–water partition coefficient (Wildman–Crippen LogP) is 4.70. The van der Waals surface area contributed by atoms with Gasteiger partial charge in [0.05, 0.1) is 5.56 Å². The lowest BCUT2D eigenvalue weighted by Gasteiger charge is -2.28. The molecule has 134 valence electrons. The quantitative estimate of drug-likeness (QED) is 0.621. The van der Waals surface area contributed by atoms with E-state index in [1.54, 1.807) is 24.3 Å². The Hall–Kier alpha value is -2.92. The fourth-order valence-corrected chi connectivity index (χ4v) is 3.55. The number of carbonyl (C=O) groups excluding carboxylic acids is 2. The van der Waals surface area contributed by atoms with E-state index in [9.17, 15) is 9.59 Å². The number of amides is 1. The molecule has 4 nitrogen and oxygen atoms in total. The van der Waals surface area contributed by atoms with Gasteiger partial charge in [-0.2, -0.15) is 0 Å². The summed E-state index contributed by atoms with van der Waals surface area (Å²) in [6, 6.07) is 23.7. The van der Waals surface area contributed by atoms with Gasteiger partial charge >= 0.3 is 5.97 Å². The molecule has 5 heteroatoms. The summed E-state index contributed by atoms with van der Waals surface area (Å²) in [6.07, 6.45) is 0.252. The van der Waals surface area contributed by atoms with Crippen molar-refractivity contribution in [2.75, 3.05) is 5.32 Å². The molecule has 0 aliphatic carbocycles. The molecule has 0 bridgehead atoms. The van der Waals surface area contributed by atoms with Gasteiger partial charge in [-0.1, -0.05) is 64.5 Å². The molecular weight excluding hydrogens is 406 g/mol. The van der Waals surface area contributed by atoms with E-state index in [0.29, 0.717) is 16.8 Å². The van der Waals surface area contributed by atoms with Crippen molar-refractivity contribution < 1.29 is 14.3 Å². The van der Waals surface area contributed by atoms with Crippen molar-refractivity contribution in [3.8, 4) is 0 Å². The van der Waals surface area contributed by atoms with E-state index in [0.717, 1.165) is 10.0 Å². The average molecular weight is 422 g/mol. The lowest BCUT2D eigenvalue weighted by atomic mass is 9.88. The number of benzene rings is 3. The van der Waals surface area contributed by atoms with E-state index in [1.165, 1.54) is 0 Å². The van der Waals surface area contributed by atoms with Gasteiger partial charge in [-0.05, 0) is 35.9 Å². The third-order valence-corrected chi connectivity index (χ3v) is 5.15. The van der Waals surface area contributed by atoms with Gasteiger partial charge in [0.1, 0.15) is 0 Å². The fourth-order valence-electron chi connectivity index (χ4n) is 3.28. The first-order valence-electron chi connectivity index (χ1n) is 8.52.